The van der Waals surface area contributed by atoms with Crippen LogP contribution in [0, 0.1) is 0 Å². The van der Waals surface area contributed by atoms with E-state index in [1.54, 1.807) is 14.2 Å². The van der Waals surface area contributed by atoms with Gasteiger partial charge >= 0.3 is 6.55 Å². The highest BCUT2D eigenvalue weighted by Gasteiger charge is 2.11. The number of hydrogen-bond donors (Lipinski definition) is 2. The molecular formula is C18H25F2N5O. The van der Waals surface area contributed by atoms with Crippen molar-refractivity contribution in [2.24, 2.45) is 4.99 Å². The number of halogens is 2. The Morgan fingerprint density at radius 2 is 2.00 bits per heavy atom. The summed E-state index contributed by atoms with van der Waals surface area (Å²) in [6, 6.07) is 8.01. The summed E-state index contributed by atoms with van der Waals surface area (Å²) in [5, 5.41) is 6.19. The van der Waals surface area contributed by atoms with Gasteiger partial charge in [-0.15, -0.1) is 0 Å². The highest BCUT2D eigenvalue weighted by molar-refractivity contribution is 5.79. The van der Waals surface area contributed by atoms with E-state index in [9.17, 15) is 8.78 Å². The summed E-state index contributed by atoms with van der Waals surface area (Å²) in [6.45, 7) is 0.426. The molecule has 1 heterocycles. The first-order valence-corrected chi connectivity index (χ1v) is 8.43. The zero-order chi connectivity index (χ0) is 18.9. The summed E-state index contributed by atoms with van der Waals surface area (Å²) >= 11 is 0. The fraction of sp³-hybridized carbons (Fsp3) is 0.444. The minimum atomic E-state index is -2.60. The van der Waals surface area contributed by atoms with Crippen LogP contribution in [0.1, 0.15) is 37.2 Å². The van der Waals surface area contributed by atoms with Crippen LogP contribution in [0.25, 0.3) is 0 Å². The number of aromatic nitrogens is 2. The first-order valence-electron chi connectivity index (χ1n) is 8.43. The van der Waals surface area contributed by atoms with E-state index in [0.717, 1.165) is 16.7 Å². The van der Waals surface area contributed by atoms with E-state index in [-0.39, 0.29) is 12.4 Å². The lowest BCUT2D eigenvalue weighted by Crippen LogP contribution is -2.38. The first kappa shape index (κ1) is 19.7. The van der Waals surface area contributed by atoms with Crippen molar-refractivity contribution in [3.8, 4) is 5.75 Å². The van der Waals surface area contributed by atoms with Crippen LogP contribution in [0.2, 0.25) is 0 Å². The monoisotopic (exact) mass is 365 g/mol. The van der Waals surface area contributed by atoms with Crippen LogP contribution in [0.15, 0.2) is 41.7 Å². The summed E-state index contributed by atoms with van der Waals surface area (Å²) in [5.41, 5.74) is 1.23. The van der Waals surface area contributed by atoms with Gasteiger partial charge in [0.1, 0.15) is 11.6 Å². The van der Waals surface area contributed by atoms with Crippen molar-refractivity contribution >= 4 is 5.96 Å². The molecule has 1 aromatic carbocycles. The molecule has 0 saturated heterocycles. The van der Waals surface area contributed by atoms with Crippen LogP contribution >= 0.6 is 0 Å². The maximum absolute atomic E-state index is 12.8. The molecule has 0 aliphatic heterocycles. The zero-order valence-corrected chi connectivity index (χ0v) is 15.2. The van der Waals surface area contributed by atoms with Crippen LogP contribution in [0.4, 0.5) is 8.78 Å². The lowest BCUT2D eigenvalue weighted by Gasteiger charge is -2.15. The average molecular weight is 365 g/mol. The van der Waals surface area contributed by atoms with Crippen molar-refractivity contribution in [1.29, 1.82) is 0 Å². The zero-order valence-electron chi connectivity index (χ0n) is 15.2. The SMILES string of the molecule is CN=C(NCCC(C)c1ccc(OC)cc1)NCc1nccn1C(F)F. The maximum Gasteiger partial charge on any atom is 0.319 e. The predicted molar refractivity (Wildman–Crippen MR) is 97.7 cm³/mol. The summed E-state index contributed by atoms with van der Waals surface area (Å²) in [7, 11) is 3.29. The van der Waals surface area contributed by atoms with E-state index in [1.165, 1.54) is 18.0 Å². The average Bonchev–Trinajstić information content (AvgIpc) is 3.13. The molecule has 1 unspecified atom stereocenters. The first-order chi connectivity index (χ1) is 12.5. The number of rotatable bonds is 8. The van der Waals surface area contributed by atoms with E-state index in [1.807, 2.05) is 12.1 Å². The van der Waals surface area contributed by atoms with Gasteiger partial charge in [-0.2, -0.15) is 8.78 Å². The van der Waals surface area contributed by atoms with Crippen LogP contribution in [0.3, 0.4) is 0 Å². The van der Waals surface area contributed by atoms with E-state index < -0.39 is 6.55 Å². The molecule has 6 nitrogen and oxygen atoms in total. The number of benzene rings is 1. The minimum Gasteiger partial charge on any atom is -0.497 e. The van der Waals surface area contributed by atoms with Gasteiger partial charge in [0.25, 0.3) is 0 Å². The van der Waals surface area contributed by atoms with Crippen molar-refractivity contribution in [2.75, 3.05) is 20.7 Å². The molecule has 2 rings (SSSR count). The highest BCUT2D eigenvalue weighted by atomic mass is 19.3. The third kappa shape index (κ3) is 5.44. The third-order valence-electron chi connectivity index (χ3n) is 4.15. The Morgan fingerprint density at radius 3 is 2.62 bits per heavy atom. The largest absolute Gasteiger partial charge is 0.497 e. The van der Waals surface area contributed by atoms with Gasteiger partial charge in [0, 0.05) is 26.0 Å². The van der Waals surface area contributed by atoms with Crippen molar-refractivity contribution in [3.05, 3.63) is 48.0 Å². The molecule has 0 fully saturated rings. The van der Waals surface area contributed by atoms with E-state index in [4.69, 9.17) is 4.74 Å². The molecule has 0 radical (unpaired) electrons. The number of hydrogen-bond acceptors (Lipinski definition) is 3. The van der Waals surface area contributed by atoms with Gasteiger partial charge in [0.15, 0.2) is 5.96 Å². The lowest BCUT2D eigenvalue weighted by atomic mass is 9.98. The summed E-state index contributed by atoms with van der Waals surface area (Å²) < 4.78 is 31.6. The summed E-state index contributed by atoms with van der Waals surface area (Å²) in [4.78, 5) is 8.04. The predicted octanol–water partition coefficient (Wildman–Crippen LogP) is 3.15. The Labute approximate surface area is 152 Å². The molecule has 2 aromatic rings. The Balaban J connectivity index is 1.78. The molecule has 142 valence electrons. The second-order valence-electron chi connectivity index (χ2n) is 5.84. The van der Waals surface area contributed by atoms with E-state index in [0.29, 0.717) is 18.4 Å². The minimum absolute atomic E-state index is 0.172. The number of ether oxygens (including phenoxy) is 1. The van der Waals surface area contributed by atoms with Crippen molar-refractivity contribution in [2.45, 2.75) is 32.4 Å². The number of imidazole rings is 1. The molecule has 0 aliphatic rings. The molecule has 8 heteroatoms. The fourth-order valence-electron chi connectivity index (χ4n) is 2.55. The summed E-state index contributed by atoms with van der Waals surface area (Å²) in [5.74, 6) is 2.01. The van der Waals surface area contributed by atoms with E-state index >= 15 is 0 Å². The lowest BCUT2D eigenvalue weighted by molar-refractivity contribution is 0.0668. The maximum atomic E-state index is 12.8. The Hall–Kier alpha value is -2.64. The molecule has 1 aromatic heterocycles. The second-order valence-corrected chi connectivity index (χ2v) is 5.84. The quantitative estimate of drug-likeness (QED) is 0.557. The Morgan fingerprint density at radius 1 is 1.27 bits per heavy atom. The number of aliphatic imine (C=N–C) groups is 1. The van der Waals surface area contributed by atoms with Gasteiger partial charge < -0.3 is 15.4 Å². The molecule has 0 aliphatic carbocycles. The standard InChI is InChI=1S/C18H25F2N5O/c1-13(14-4-6-15(26-3)7-5-14)8-9-23-18(21-2)24-12-16-22-10-11-25(16)17(19)20/h4-7,10-11,13,17H,8-9,12H2,1-3H3,(H2,21,23,24). The van der Waals surface area contributed by atoms with Crippen molar-refractivity contribution in [1.82, 2.24) is 20.2 Å². The van der Waals surface area contributed by atoms with Gasteiger partial charge in [-0.05, 0) is 30.0 Å². The second kappa shape index (κ2) is 9.74. The molecule has 0 amide bonds. The smallest absolute Gasteiger partial charge is 0.319 e. The van der Waals surface area contributed by atoms with Crippen molar-refractivity contribution < 1.29 is 13.5 Å². The molecule has 2 N–H and O–H groups in total. The topological polar surface area (TPSA) is 63.5 Å². The number of nitrogens with zero attached hydrogens (tertiary/aromatic N) is 3. The van der Waals surface area contributed by atoms with Gasteiger partial charge in [0.2, 0.25) is 0 Å². The normalized spacial score (nSPS) is 12.9. The number of alkyl halides is 2. The number of methoxy groups -OCH3 is 1. The molecule has 0 bridgehead atoms. The third-order valence-corrected chi connectivity index (χ3v) is 4.15. The number of nitrogens with one attached hydrogen (secondary N) is 2. The van der Waals surface area contributed by atoms with Crippen molar-refractivity contribution in [3.63, 3.8) is 0 Å². The van der Waals surface area contributed by atoms with Gasteiger partial charge in [-0.1, -0.05) is 19.1 Å². The van der Waals surface area contributed by atoms with Crippen LogP contribution in [-0.4, -0.2) is 36.2 Å². The van der Waals surface area contributed by atoms with Crippen LogP contribution in [0.5, 0.6) is 5.75 Å². The fourth-order valence-corrected chi connectivity index (χ4v) is 2.55. The molecule has 26 heavy (non-hydrogen) atoms. The number of guanidine groups is 1. The molecular weight excluding hydrogens is 340 g/mol. The molecule has 1 atom stereocenters. The molecule has 0 saturated carbocycles. The van der Waals surface area contributed by atoms with Crippen LogP contribution in [-0.2, 0) is 6.54 Å². The Kier molecular flexibility index (Phi) is 7.37. The van der Waals surface area contributed by atoms with Gasteiger partial charge in [0.05, 0.1) is 13.7 Å². The van der Waals surface area contributed by atoms with Gasteiger partial charge in [-0.3, -0.25) is 9.56 Å². The van der Waals surface area contributed by atoms with E-state index in [2.05, 4.69) is 39.7 Å². The summed E-state index contributed by atoms with van der Waals surface area (Å²) in [6.07, 6.45) is 3.52. The Bertz CT molecular complexity index is 700. The molecule has 0 spiro atoms. The highest BCUT2D eigenvalue weighted by Crippen LogP contribution is 2.21. The van der Waals surface area contributed by atoms with Crippen LogP contribution < -0.4 is 15.4 Å². The van der Waals surface area contributed by atoms with Gasteiger partial charge in [-0.25, -0.2) is 4.98 Å².